The summed E-state index contributed by atoms with van der Waals surface area (Å²) in [6.07, 6.45) is 1.84. The van der Waals surface area contributed by atoms with Crippen LogP contribution in [-0.2, 0) is 6.61 Å². The van der Waals surface area contributed by atoms with E-state index in [1.807, 2.05) is 50.4 Å². The van der Waals surface area contributed by atoms with Gasteiger partial charge in [-0.1, -0.05) is 55.4 Å². The molecule has 1 aliphatic rings. The van der Waals surface area contributed by atoms with Crippen molar-refractivity contribution in [3.05, 3.63) is 71.4 Å². The Morgan fingerprint density at radius 3 is 2.45 bits per heavy atom. The highest BCUT2D eigenvalue weighted by molar-refractivity contribution is 7.99. The molecule has 0 aliphatic carbocycles. The Morgan fingerprint density at radius 2 is 1.79 bits per heavy atom. The molecule has 3 aromatic rings. The van der Waals surface area contributed by atoms with Crippen molar-refractivity contribution in [1.82, 2.24) is 14.9 Å². The summed E-state index contributed by atoms with van der Waals surface area (Å²) in [6, 6.07) is 17.9. The van der Waals surface area contributed by atoms with Gasteiger partial charge in [-0.25, -0.2) is 4.98 Å². The SMILES string of the molecule is CC.Cc1cccc(COc2nc(N3CCN(C)CC3)ncc2Sc2ccc(C#N)cc2)c1. The lowest BCUT2D eigenvalue weighted by atomic mass is 10.1. The van der Waals surface area contributed by atoms with E-state index < -0.39 is 0 Å². The van der Waals surface area contributed by atoms with Gasteiger partial charge in [-0.2, -0.15) is 10.2 Å². The van der Waals surface area contributed by atoms with Crippen LogP contribution in [0.25, 0.3) is 0 Å². The van der Waals surface area contributed by atoms with Crippen LogP contribution in [0.4, 0.5) is 5.95 Å². The van der Waals surface area contributed by atoms with Crippen molar-refractivity contribution in [2.75, 3.05) is 38.1 Å². The molecule has 1 aliphatic heterocycles. The summed E-state index contributed by atoms with van der Waals surface area (Å²) in [5.74, 6) is 1.29. The number of ether oxygens (including phenoxy) is 1. The van der Waals surface area contributed by atoms with E-state index in [-0.39, 0.29) is 0 Å². The number of hydrogen-bond acceptors (Lipinski definition) is 7. The van der Waals surface area contributed by atoms with Gasteiger partial charge >= 0.3 is 0 Å². The standard InChI is InChI=1S/C24H25N5OS.C2H6/c1-18-4-3-5-20(14-18)17-30-23-22(31-21-8-6-19(15-25)7-9-21)16-26-24(27-23)29-12-10-28(2)11-13-29;1-2/h3-9,14,16H,10-13,17H2,1-2H3;1-2H3. The Bertz CT molecular complexity index is 1070. The second-order valence-electron chi connectivity index (χ2n) is 7.65. The van der Waals surface area contributed by atoms with Crippen molar-refractivity contribution in [1.29, 1.82) is 5.26 Å². The van der Waals surface area contributed by atoms with Crippen molar-refractivity contribution >= 4 is 17.7 Å². The molecule has 33 heavy (non-hydrogen) atoms. The van der Waals surface area contributed by atoms with Crippen LogP contribution in [0.3, 0.4) is 0 Å². The van der Waals surface area contributed by atoms with E-state index in [1.54, 1.807) is 11.8 Å². The monoisotopic (exact) mass is 461 g/mol. The number of piperazine rings is 1. The van der Waals surface area contributed by atoms with Crippen LogP contribution in [0, 0.1) is 18.3 Å². The van der Waals surface area contributed by atoms with Crippen LogP contribution >= 0.6 is 11.8 Å². The Kier molecular flexibility index (Phi) is 9.11. The first kappa shape index (κ1) is 24.6. The average molecular weight is 462 g/mol. The van der Waals surface area contributed by atoms with Crippen molar-refractivity contribution in [3.8, 4) is 11.9 Å². The number of aryl methyl sites for hydroxylation is 1. The van der Waals surface area contributed by atoms with E-state index in [0.29, 0.717) is 24.0 Å². The summed E-state index contributed by atoms with van der Waals surface area (Å²) >= 11 is 1.54. The molecule has 4 rings (SSSR count). The minimum atomic E-state index is 0.446. The van der Waals surface area contributed by atoms with E-state index >= 15 is 0 Å². The molecular formula is C26H31N5OS. The van der Waals surface area contributed by atoms with Gasteiger partial charge in [-0.05, 0) is 43.8 Å². The van der Waals surface area contributed by atoms with Crippen molar-refractivity contribution in [3.63, 3.8) is 0 Å². The van der Waals surface area contributed by atoms with Gasteiger partial charge in [0, 0.05) is 31.1 Å². The number of nitrogens with zero attached hydrogens (tertiary/aromatic N) is 5. The molecular weight excluding hydrogens is 430 g/mol. The minimum Gasteiger partial charge on any atom is -0.472 e. The molecule has 0 saturated carbocycles. The van der Waals surface area contributed by atoms with E-state index in [1.165, 1.54) is 5.56 Å². The smallest absolute Gasteiger partial charge is 0.232 e. The van der Waals surface area contributed by atoms with E-state index in [0.717, 1.165) is 41.5 Å². The Balaban J connectivity index is 0.00000149. The number of hydrogen-bond donors (Lipinski definition) is 0. The van der Waals surface area contributed by atoms with Crippen molar-refractivity contribution in [2.45, 2.75) is 37.2 Å². The van der Waals surface area contributed by atoms with Crippen LogP contribution in [0.1, 0.15) is 30.5 Å². The molecule has 6 nitrogen and oxygen atoms in total. The Hall–Kier alpha value is -3.08. The normalized spacial score (nSPS) is 13.6. The molecule has 2 heterocycles. The molecule has 172 valence electrons. The summed E-state index contributed by atoms with van der Waals surface area (Å²) in [7, 11) is 2.13. The van der Waals surface area contributed by atoms with E-state index in [4.69, 9.17) is 15.0 Å². The number of anilines is 1. The minimum absolute atomic E-state index is 0.446. The largest absolute Gasteiger partial charge is 0.472 e. The predicted octanol–water partition coefficient (Wildman–Crippen LogP) is 5.16. The third-order valence-corrected chi connectivity index (χ3v) is 6.17. The molecule has 7 heteroatoms. The average Bonchev–Trinajstić information content (AvgIpc) is 2.86. The van der Waals surface area contributed by atoms with Crippen molar-refractivity contribution in [2.24, 2.45) is 0 Å². The van der Waals surface area contributed by atoms with Gasteiger partial charge in [0.15, 0.2) is 0 Å². The Labute approximate surface area is 201 Å². The maximum absolute atomic E-state index is 9.03. The lowest BCUT2D eigenvalue weighted by molar-refractivity contribution is 0.283. The first-order chi connectivity index (χ1) is 16.1. The van der Waals surface area contributed by atoms with Gasteiger partial charge in [0.05, 0.1) is 22.7 Å². The molecule has 2 aromatic carbocycles. The van der Waals surface area contributed by atoms with E-state index in [2.05, 4.69) is 53.0 Å². The highest BCUT2D eigenvalue weighted by atomic mass is 32.2. The maximum atomic E-state index is 9.03. The second kappa shape index (κ2) is 12.2. The van der Waals surface area contributed by atoms with Gasteiger partial charge in [0.2, 0.25) is 11.8 Å². The number of likely N-dealkylation sites (N-methyl/N-ethyl adjacent to an activating group) is 1. The maximum Gasteiger partial charge on any atom is 0.232 e. The molecule has 0 bridgehead atoms. The number of benzene rings is 2. The molecule has 1 fully saturated rings. The fraction of sp³-hybridized carbons (Fsp3) is 0.346. The highest BCUT2D eigenvalue weighted by Gasteiger charge is 2.19. The van der Waals surface area contributed by atoms with Gasteiger partial charge in [0.25, 0.3) is 0 Å². The number of nitriles is 1. The van der Waals surface area contributed by atoms with Crippen LogP contribution in [-0.4, -0.2) is 48.1 Å². The van der Waals surface area contributed by atoms with Crippen molar-refractivity contribution < 1.29 is 4.74 Å². The van der Waals surface area contributed by atoms with Gasteiger partial charge in [0.1, 0.15) is 6.61 Å². The van der Waals surface area contributed by atoms with Gasteiger partial charge < -0.3 is 14.5 Å². The topological polar surface area (TPSA) is 65.3 Å². The zero-order chi connectivity index (χ0) is 23.6. The molecule has 1 aromatic heterocycles. The molecule has 0 amide bonds. The molecule has 0 radical (unpaired) electrons. The van der Waals surface area contributed by atoms with Crippen LogP contribution in [0.2, 0.25) is 0 Å². The third kappa shape index (κ3) is 6.95. The second-order valence-corrected chi connectivity index (χ2v) is 8.76. The fourth-order valence-electron chi connectivity index (χ4n) is 3.36. The van der Waals surface area contributed by atoms with Crippen LogP contribution in [0.5, 0.6) is 5.88 Å². The first-order valence-electron chi connectivity index (χ1n) is 11.3. The summed E-state index contributed by atoms with van der Waals surface area (Å²) in [6.45, 7) is 10.3. The molecule has 0 spiro atoms. The molecule has 0 N–H and O–H groups in total. The van der Waals surface area contributed by atoms with E-state index in [9.17, 15) is 0 Å². The fourth-order valence-corrected chi connectivity index (χ4v) is 4.18. The lowest BCUT2D eigenvalue weighted by Gasteiger charge is -2.32. The quantitative estimate of drug-likeness (QED) is 0.502. The summed E-state index contributed by atoms with van der Waals surface area (Å²) in [5.41, 5.74) is 2.95. The zero-order valence-electron chi connectivity index (χ0n) is 19.8. The third-order valence-electron chi connectivity index (χ3n) is 5.16. The Morgan fingerprint density at radius 1 is 1.06 bits per heavy atom. The first-order valence-corrected chi connectivity index (χ1v) is 12.1. The number of rotatable bonds is 6. The lowest BCUT2D eigenvalue weighted by Crippen LogP contribution is -2.45. The zero-order valence-corrected chi connectivity index (χ0v) is 20.6. The van der Waals surface area contributed by atoms with Crippen LogP contribution < -0.4 is 9.64 Å². The van der Waals surface area contributed by atoms with Gasteiger partial charge in [-0.15, -0.1) is 0 Å². The summed E-state index contributed by atoms with van der Waals surface area (Å²) < 4.78 is 6.19. The molecule has 1 saturated heterocycles. The summed E-state index contributed by atoms with van der Waals surface area (Å²) in [5, 5.41) is 9.03. The summed E-state index contributed by atoms with van der Waals surface area (Å²) in [4.78, 5) is 15.8. The predicted molar refractivity (Wildman–Crippen MR) is 134 cm³/mol. The molecule has 0 atom stereocenters. The number of aromatic nitrogens is 2. The van der Waals surface area contributed by atoms with Gasteiger partial charge in [-0.3, -0.25) is 0 Å². The molecule has 0 unspecified atom stereocenters. The van der Waals surface area contributed by atoms with Crippen LogP contribution in [0.15, 0.2) is 64.5 Å². The highest BCUT2D eigenvalue weighted by Crippen LogP contribution is 2.35.